The second-order valence-corrected chi connectivity index (χ2v) is 7.94. The average Bonchev–Trinajstić information content (AvgIpc) is 2.79. The summed E-state index contributed by atoms with van der Waals surface area (Å²) < 4.78 is 0. The zero-order chi connectivity index (χ0) is 18.0. The molecule has 0 bridgehead atoms. The van der Waals surface area contributed by atoms with Gasteiger partial charge in [0.05, 0.1) is 17.0 Å². The van der Waals surface area contributed by atoms with E-state index in [-0.39, 0.29) is 11.3 Å². The van der Waals surface area contributed by atoms with Gasteiger partial charge in [0, 0.05) is 19.8 Å². The van der Waals surface area contributed by atoms with Gasteiger partial charge in [-0.3, -0.25) is 4.79 Å². The van der Waals surface area contributed by atoms with Gasteiger partial charge < -0.3 is 10.3 Å². The summed E-state index contributed by atoms with van der Waals surface area (Å²) in [4.78, 5) is 12.4. The highest BCUT2D eigenvalue weighted by Gasteiger charge is 2.39. The van der Waals surface area contributed by atoms with Crippen LogP contribution in [0.5, 0.6) is 0 Å². The molecule has 5 heteroatoms. The Labute approximate surface area is 150 Å². The molecule has 1 aliphatic heterocycles. The molecule has 2 rings (SSSR count). The monoisotopic (exact) mass is 349 g/mol. The molecule has 1 aromatic carbocycles. The van der Waals surface area contributed by atoms with Crippen molar-refractivity contribution in [3.8, 4) is 0 Å². The largest absolute Gasteiger partial charge is 0.352 e. The summed E-state index contributed by atoms with van der Waals surface area (Å²) in [5.74, 6) is -0.00824. The Bertz CT molecular complexity index is 618. The van der Waals surface area contributed by atoms with Crippen molar-refractivity contribution in [2.45, 2.75) is 58.0 Å². The molecule has 2 N–H and O–H groups in total. The average molecular weight is 350 g/mol. The van der Waals surface area contributed by atoms with Crippen molar-refractivity contribution in [3.05, 3.63) is 46.6 Å². The number of hydrogen-bond donors (Lipinski definition) is 2. The second-order valence-electron chi connectivity index (χ2n) is 7.54. The van der Waals surface area contributed by atoms with E-state index in [2.05, 4.69) is 55.8 Å². The molecule has 0 radical (unpaired) electrons. The summed E-state index contributed by atoms with van der Waals surface area (Å²) in [6, 6.07) is 8.40. The van der Waals surface area contributed by atoms with Crippen LogP contribution in [0.25, 0.3) is 0 Å². The highest BCUT2D eigenvalue weighted by atomic mass is 35.5. The van der Waals surface area contributed by atoms with Crippen molar-refractivity contribution < 1.29 is 4.79 Å². The third-order valence-corrected chi connectivity index (χ3v) is 4.99. The van der Waals surface area contributed by atoms with Gasteiger partial charge in [0.2, 0.25) is 5.91 Å². The van der Waals surface area contributed by atoms with Gasteiger partial charge in [0.15, 0.2) is 0 Å². The third-order valence-electron chi connectivity index (χ3n) is 4.53. The zero-order valence-electron chi connectivity index (χ0n) is 15.2. The van der Waals surface area contributed by atoms with Crippen molar-refractivity contribution in [1.29, 1.82) is 0 Å². The molecular formula is C19H28ClN3O. The van der Waals surface area contributed by atoms with E-state index < -0.39 is 5.54 Å². The maximum absolute atomic E-state index is 12.4. The minimum Gasteiger partial charge on any atom is -0.352 e. The number of hydrogen-bond acceptors (Lipinski definition) is 3. The lowest BCUT2D eigenvalue weighted by molar-refractivity contribution is -0.122. The van der Waals surface area contributed by atoms with Gasteiger partial charge in [-0.05, 0) is 23.0 Å². The van der Waals surface area contributed by atoms with Crippen LogP contribution < -0.4 is 10.7 Å². The Kier molecular flexibility index (Phi) is 5.61. The van der Waals surface area contributed by atoms with Crippen LogP contribution in [0, 0.1) is 0 Å². The summed E-state index contributed by atoms with van der Waals surface area (Å²) in [7, 11) is 1.88. The molecule has 0 spiro atoms. The van der Waals surface area contributed by atoms with Crippen LogP contribution in [0.1, 0.15) is 51.7 Å². The van der Waals surface area contributed by atoms with Gasteiger partial charge in [0.1, 0.15) is 0 Å². The van der Waals surface area contributed by atoms with Crippen molar-refractivity contribution >= 4 is 17.5 Å². The van der Waals surface area contributed by atoms with Crippen LogP contribution in [0.4, 0.5) is 0 Å². The van der Waals surface area contributed by atoms with Crippen LogP contribution in [-0.2, 0) is 16.8 Å². The molecule has 0 fully saturated rings. The number of carbonyl (C=O) groups is 1. The minimum atomic E-state index is -0.490. The molecule has 0 saturated heterocycles. The van der Waals surface area contributed by atoms with Crippen LogP contribution in [-0.4, -0.2) is 23.5 Å². The molecule has 24 heavy (non-hydrogen) atoms. The van der Waals surface area contributed by atoms with Crippen LogP contribution >= 0.6 is 11.6 Å². The molecule has 0 aliphatic carbocycles. The molecule has 0 saturated carbocycles. The summed E-state index contributed by atoms with van der Waals surface area (Å²) in [6.45, 7) is 9.13. The molecule has 1 amide bonds. The number of nitrogens with one attached hydrogen (secondary N) is 2. The normalized spacial score (nSPS) is 20.9. The number of amides is 1. The van der Waals surface area contributed by atoms with Gasteiger partial charge in [-0.15, -0.1) is 0 Å². The van der Waals surface area contributed by atoms with Crippen molar-refractivity contribution in [1.82, 2.24) is 15.8 Å². The highest BCUT2D eigenvalue weighted by molar-refractivity contribution is 6.31. The first-order chi connectivity index (χ1) is 11.2. The molecule has 1 aromatic rings. The van der Waals surface area contributed by atoms with E-state index in [1.807, 2.05) is 25.2 Å². The van der Waals surface area contributed by atoms with Crippen molar-refractivity contribution in [2.24, 2.45) is 0 Å². The first-order valence-electron chi connectivity index (χ1n) is 8.41. The first-order valence-corrected chi connectivity index (χ1v) is 8.79. The fourth-order valence-electron chi connectivity index (χ4n) is 2.87. The Hall–Kier alpha value is -1.52. The van der Waals surface area contributed by atoms with Crippen LogP contribution in [0.3, 0.4) is 0 Å². The molecular weight excluding hydrogens is 322 g/mol. The van der Waals surface area contributed by atoms with E-state index in [0.717, 1.165) is 12.0 Å². The minimum absolute atomic E-state index is 0.00824. The second kappa shape index (κ2) is 7.16. The summed E-state index contributed by atoms with van der Waals surface area (Å²) in [6.07, 6.45) is 2.90. The molecule has 4 nitrogen and oxygen atoms in total. The van der Waals surface area contributed by atoms with Crippen molar-refractivity contribution in [3.63, 3.8) is 0 Å². The summed E-state index contributed by atoms with van der Waals surface area (Å²) in [5.41, 5.74) is 5.30. The Morgan fingerprint density at radius 2 is 1.92 bits per heavy atom. The van der Waals surface area contributed by atoms with Crippen LogP contribution in [0.15, 0.2) is 35.5 Å². The molecule has 1 aliphatic rings. The molecule has 0 aromatic heterocycles. The molecule has 1 heterocycles. The van der Waals surface area contributed by atoms with Gasteiger partial charge in [-0.1, -0.05) is 63.6 Å². The van der Waals surface area contributed by atoms with E-state index in [1.54, 1.807) is 0 Å². The predicted molar refractivity (Wildman–Crippen MR) is 99.5 cm³/mol. The smallest absolute Gasteiger partial charge is 0.222 e. The van der Waals surface area contributed by atoms with Crippen LogP contribution in [0.2, 0.25) is 0 Å². The number of rotatable bonds is 5. The standard InChI is InChI=1S/C19H28ClN3O/c1-6-19(16(20)13-23(5)22-19)11-17(24)21-12-14-7-9-15(10-8-14)18(2,3)4/h7-10,13,22H,6,11-12H2,1-5H3,(H,21,24). The van der Waals surface area contributed by atoms with Gasteiger partial charge in [-0.2, -0.15) is 0 Å². The maximum atomic E-state index is 12.4. The number of benzene rings is 1. The highest BCUT2D eigenvalue weighted by Crippen LogP contribution is 2.32. The lowest BCUT2D eigenvalue weighted by atomic mass is 9.87. The lowest BCUT2D eigenvalue weighted by Gasteiger charge is -2.29. The van der Waals surface area contributed by atoms with E-state index in [1.165, 1.54) is 5.56 Å². The molecule has 132 valence electrons. The number of halogens is 1. The Morgan fingerprint density at radius 3 is 2.38 bits per heavy atom. The van der Waals surface area contributed by atoms with Gasteiger partial charge >= 0.3 is 0 Å². The van der Waals surface area contributed by atoms with Gasteiger partial charge in [0.25, 0.3) is 0 Å². The predicted octanol–water partition coefficient (Wildman–Crippen LogP) is 3.67. The Morgan fingerprint density at radius 1 is 1.29 bits per heavy atom. The van der Waals surface area contributed by atoms with E-state index in [9.17, 15) is 4.79 Å². The topological polar surface area (TPSA) is 44.4 Å². The number of carbonyl (C=O) groups excluding carboxylic acids is 1. The zero-order valence-corrected chi connectivity index (χ0v) is 16.0. The van der Waals surface area contributed by atoms with Crippen molar-refractivity contribution in [2.75, 3.05) is 7.05 Å². The first kappa shape index (κ1) is 18.8. The summed E-state index contributed by atoms with van der Waals surface area (Å²) >= 11 is 6.33. The van der Waals surface area contributed by atoms with E-state index in [0.29, 0.717) is 18.0 Å². The quantitative estimate of drug-likeness (QED) is 0.852. The fourth-order valence-corrected chi connectivity index (χ4v) is 3.26. The van der Waals surface area contributed by atoms with E-state index in [4.69, 9.17) is 11.6 Å². The van der Waals surface area contributed by atoms with E-state index >= 15 is 0 Å². The number of hydrazine groups is 1. The maximum Gasteiger partial charge on any atom is 0.222 e. The summed E-state index contributed by atoms with van der Waals surface area (Å²) in [5, 5.41) is 5.48. The Balaban J connectivity index is 1.93. The molecule has 1 unspecified atom stereocenters. The van der Waals surface area contributed by atoms with Gasteiger partial charge in [-0.25, -0.2) is 5.43 Å². The lowest BCUT2D eigenvalue weighted by Crippen LogP contribution is -2.49. The SMILES string of the molecule is CCC1(CC(=O)NCc2ccc(C(C)(C)C)cc2)NN(C)C=C1Cl. The molecule has 1 atom stereocenters. The third kappa shape index (κ3) is 4.31. The fraction of sp³-hybridized carbons (Fsp3) is 0.526. The number of nitrogens with zero attached hydrogens (tertiary/aromatic N) is 1.